The summed E-state index contributed by atoms with van der Waals surface area (Å²) >= 11 is 0. The lowest BCUT2D eigenvalue weighted by atomic mass is 10.1. The van der Waals surface area contributed by atoms with Crippen molar-refractivity contribution in [2.24, 2.45) is 4.40 Å². The van der Waals surface area contributed by atoms with Crippen LogP contribution in [0.4, 0.5) is 0 Å². The molecule has 17 heavy (non-hydrogen) atoms. The number of sulfonamides is 1. The van der Waals surface area contributed by atoms with Gasteiger partial charge in [0, 0.05) is 0 Å². The van der Waals surface area contributed by atoms with Gasteiger partial charge in [0.25, 0.3) is 10.0 Å². The molecule has 6 heteroatoms. The normalized spacial score (nSPS) is 26.8. The van der Waals surface area contributed by atoms with Gasteiger partial charge in [0.15, 0.2) is 0 Å². The first-order valence-corrected chi connectivity index (χ1v) is 6.64. The number of ether oxygens (including phenoxy) is 2. The van der Waals surface area contributed by atoms with Crippen molar-refractivity contribution in [1.29, 1.82) is 0 Å². The van der Waals surface area contributed by atoms with Crippen LogP contribution in [0.25, 0.3) is 0 Å². The van der Waals surface area contributed by atoms with Crippen LogP contribution in [-0.4, -0.2) is 26.9 Å². The highest BCUT2D eigenvalue weighted by Crippen LogP contribution is 2.30. The molecule has 1 aromatic rings. The molecule has 0 fully saturated rings. The Kier molecular flexibility index (Phi) is 3.06. The number of benzene rings is 1. The molecule has 0 bridgehead atoms. The largest absolute Gasteiger partial charge is 0.453 e. The average Bonchev–Trinajstić information content (AvgIpc) is 2.33. The zero-order valence-corrected chi connectivity index (χ0v) is 10.3. The lowest BCUT2D eigenvalue weighted by Gasteiger charge is -2.27. The molecule has 1 aromatic carbocycles. The molecule has 5 nitrogen and oxygen atoms in total. The molecule has 2 atom stereocenters. The predicted molar refractivity (Wildman–Crippen MR) is 63.1 cm³/mol. The highest BCUT2D eigenvalue weighted by Gasteiger charge is 2.38. The van der Waals surface area contributed by atoms with E-state index >= 15 is 0 Å². The fourth-order valence-electron chi connectivity index (χ4n) is 1.64. The van der Waals surface area contributed by atoms with Crippen LogP contribution in [0.2, 0.25) is 0 Å². The third-order valence-corrected chi connectivity index (χ3v) is 4.22. The Bertz CT molecular complexity index is 524. The molecule has 0 spiro atoms. The summed E-state index contributed by atoms with van der Waals surface area (Å²) in [5.41, 5.74) is 0.785. The van der Waals surface area contributed by atoms with E-state index < -0.39 is 21.4 Å². The van der Waals surface area contributed by atoms with E-state index in [0.717, 1.165) is 5.56 Å². The van der Waals surface area contributed by atoms with E-state index in [0.29, 0.717) is 0 Å². The van der Waals surface area contributed by atoms with E-state index in [9.17, 15) is 8.42 Å². The third kappa shape index (κ3) is 2.26. The first kappa shape index (κ1) is 11.9. The maximum Gasteiger partial charge on any atom is 0.399 e. The molecule has 0 amide bonds. The standard InChI is InChI=1S/C11H13NO4S/c1-8-10(9-6-4-3-5-7-9)16-11(15-2)12-17(8,13)14/h3-8,10H,1-2H3/t8-,10-/m0/s1. The molecule has 0 aliphatic carbocycles. The second-order valence-corrected chi connectivity index (χ2v) is 5.69. The van der Waals surface area contributed by atoms with E-state index in [-0.39, 0.29) is 6.08 Å². The molecule has 1 heterocycles. The minimum atomic E-state index is -3.58. The van der Waals surface area contributed by atoms with Gasteiger partial charge in [-0.05, 0) is 12.5 Å². The van der Waals surface area contributed by atoms with Crippen molar-refractivity contribution < 1.29 is 17.9 Å². The lowest BCUT2D eigenvalue weighted by Crippen LogP contribution is -2.34. The predicted octanol–water partition coefficient (Wildman–Crippen LogP) is 1.48. The third-order valence-electron chi connectivity index (χ3n) is 2.63. The van der Waals surface area contributed by atoms with E-state index in [4.69, 9.17) is 9.47 Å². The summed E-state index contributed by atoms with van der Waals surface area (Å²) < 4.78 is 37.2. The van der Waals surface area contributed by atoms with Gasteiger partial charge in [-0.1, -0.05) is 34.7 Å². The molecule has 0 aromatic heterocycles. The summed E-state index contributed by atoms with van der Waals surface area (Å²) in [5, 5.41) is -0.733. The van der Waals surface area contributed by atoms with Crippen LogP contribution >= 0.6 is 0 Å². The Morgan fingerprint density at radius 2 is 1.94 bits per heavy atom. The molecule has 92 valence electrons. The van der Waals surface area contributed by atoms with Crippen LogP contribution in [0.3, 0.4) is 0 Å². The first-order chi connectivity index (χ1) is 8.04. The van der Waals surface area contributed by atoms with Gasteiger partial charge < -0.3 is 9.47 Å². The SMILES string of the molecule is COC1=NS(=O)(=O)[C@@H](C)[C@@H](c2ccccc2)O1. The summed E-state index contributed by atoms with van der Waals surface area (Å²) in [5.74, 6) is 0. The molecule has 0 saturated carbocycles. The molecule has 0 radical (unpaired) electrons. The second kappa shape index (κ2) is 4.37. The zero-order chi connectivity index (χ0) is 12.5. The summed E-state index contributed by atoms with van der Waals surface area (Å²) in [6.07, 6.45) is -0.800. The minimum absolute atomic E-state index is 0.211. The summed E-state index contributed by atoms with van der Waals surface area (Å²) in [7, 11) is -2.26. The Labute approximate surface area is 100 Å². The van der Waals surface area contributed by atoms with Gasteiger partial charge in [-0.25, -0.2) is 8.42 Å². The van der Waals surface area contributed by atoms with Crippen LogP contribution < -0.4 is 0 Å². The van der Waals surface area contributed by atoms with Crippen molar-refractivity contribution in [3.63, 3.8) is 0 Å². The first-order valence-electron chi connectivity index (χ1n) is 5.14. The van der Waals surface area contributed by atoms with E-state index in [1.807, 2.05) is 30.3 Å². The second-order valence-electron chi connectivity index (χ2n) is 3.73. The number of hydrogen-bond acceptors (Lipinski definition) is 4. The zero-order valence-electron chi connectivity index (χ0n) is 9.53. The van der Waals surface area contributed by atoms with Crippen LogP contribution in [0.1, 0.15) is 18.6 Å². The lowest BCUT2D eigenvalue weighted by molar-refractivity contribution is 0.120. The molecule has 0 saturated heterocycles. The van der Waals surface area contributed by atoms with Gasteiger partial charge in [-0.2, -0.15) is 0 Å². The highest BCUT2D eigenvalue weighted by atomic mass is 32.2. The maximum absolute atomic E-state index is 11.8. The van der Waals surface area contributed by atoms with Gasteiger partial charge in [0.2, 0.25) is 0 Å². The monoisotopic (exact) mass is 255 g/mol. The van der Waals surface area contributed by atoms with Gasteiger partial charge in [-0.3, -0.25) is 0 Å². The molecular formula is C11H13NO4S. The van der Waals surface area contributed by atoms with Crippen molar-refractivity contribution in [1.82, 2.24) is 0 Å². The van der Waals surface area contributed by atoms with Gasteiger partial charge in [-0.15, -0.1) is 0 Å². The summed E-state index contributed by atoms with van der Waals surface area (Å²) in [6.45, 7) is 1.57. The Morgan fingerprint density at radius 3 is 2.53 bits per heavy atom. The van der Waals surface area contributed by atoms with Crippen LogP contribution in [0, 0.1) is 0 Å². The molecule has 0 unspecified atom stereocenters. The van der Waals surface area contributed by atoms with Gasteiger partial charge in [0.05, 0.1) is 7.11 Å². The smallest absolute Gasteiger partial charge is 0.399 e. The topological polar surface area (TPSA) is 65.0 Å². The van der Waals surface area contributed by atoms with Gasteiger partial charge >= 0.3 is 6.08 Å². The fourth-order valence-corrected chi connectivity index (χ4v) is 2.65. The van der Waals surface area contributed by atoms with Crippen LogP contribution in [-0.2, 0) is 19.5 Å². The molecule has 0 N–H and O–H groups in total. The van der Waals surface area contributed by atoms with Crippen molar-refractivity contribution >= 4 is 16.1 Å². The maximum atomic E-state index is 11.8. The van der Waals surface area contributed by atoms with Crippen molar-refractivity contribution in [2.45, 2.75) is 18.3 Å². The highest BCUT2D eigenvalue weighted by molar-refractivity contribution is 7.90. The van der Waals surface area contributed by atoms with Crippen LogP contribution in [0.15, 0.2) is 34.7 Å². The number of rotatable bonds is 1. The summed E-state index contributed by atoms with van der Waals surface area (Å²) in [6, 6.07) is 9.15. The molecule has 1 aliphatic rings. The quantitative estimate of drug-likeness (QED) is 0.762. The minimum Gasteiger partial charge on any atom is -0.453 e. The summed E-state index contributed by atoms with van der Waals surface area (Å²) in [4.78, 5) is 0. The average molecular weight is 255 g/mol. The molecule has 2 rings (SSSR count). The van der Waals surface area contributed by atoms with Crippen molar-refractivity contribution in [3.05, 3.63) is 35.9 Å². The molecule has 1 aliphatic heterocycles. The number of hydrogen-bond donors (Lipinski definition) is 0. The number of methoxy groups -OCH3 is 1. The van der Waals surface area contributed by atoms with Crippen molar-refractivity contribution in [2.75, 3.05) is 7.11 Å². The van der Waals surface area contributed by atoms with E-state index in [1.165, 1.54) is 7.11 Å². The fraction of sp³-hybridized carbons (Fsp3) is 0.364. The van der Waals surface area contributed by atoms with E-state index in [1.54, 1.807) is 6.92 Å². The van der Waals surface area contributed by atoms with E-state index in [2.05, 4.69) is 4.40 Å². The van der Waals surface area contributed by atoms with Crippen LogP contribution in [0.5, 0.6) is 0 Å². The Morgan fingerprint density at radius 1 is 1.29 bits per heavy atom. The Hall–Kier alpha value is -1.56. The molecular weight excluding hydrogens is 242 g/mol. The van der Waals surface area contributed by atoms with Crippen molar-refractivity contribution in [3.8, 4) is 0 Å². The Balaban J connectivity index is 2.41. The number of nitrogens with zero attached hydrogens (tertiary/aromatic N) is 1. The van der Waals surface area contributed by atoms with Gasteiger partial charge in [0.1, 0.15) is 11.4 Å².